The van der Waals surface area contributed by atoms with Gasteiger partial charge in [0.05, 0.1) is 17.8 Å². The van der Waals surface area contributed by atoms with Gasteiger partial charge in [-0.2, -0.15) is 0 Å². The number of fused-ring (bicyclic) bond motifs is 3. The first-order valence-corrected chi connectivity index (χ1v) is 10.3. The molecule has 0 unspecified atom stereocenters. The highest BCUT2D eigenvalue weighted by Crippen LogP contribution is 2.43. The molecule has 0 aliphatic carbocycles. The maximum atomic E-state index is 13.2. The number of nitrogens with zero attached hydrogens (tertiary/aromatic N) is 3. The fraction of sp³-hybridized carbons (Fsp3) is 0.381. The second kappa shape index (κ2) is 7.05. The van der Waals surface area contributed by atoms with E-state index in [-0.39, 0.29) is 24.1 Å². The Balaban J connectivity index is 1.53. The number of anilines is 1. The van der Waals surface area contributed by atoms with Crippen LogP contribution < -0.4 is 4.90 Å². The largest absolute Gasteiger partial charge is 0.341 e. The van der Waals surface area contributed by atoms with Crippen molar-refractivity contribution >= 4 is 34.7 Å². The van der Waals surface area contributed by atoms with E-state index in [1.165, 1.54) is 0 Å². The molecule has 0 radical (unpaired) electrons. The van der Waals surface area contributed by atoms with Crippen molar-refractivity contribution in [1.82, 2.24) is 9.80 Å². The second-order valence-corrected chi connectivity index (χ2v) is 8.53. The van der Waals surface area contributed by atoms with E-state index in [0.717, 1.165) is 4.88 Å². The molecule has 3 amide bonds. The molecule has 7 heteroatoms. The van der Waals surface area contributed by atoms with Crippen LogP contribution in [0, 0.1) is 0 Å². The number of hydrogen-bond acceptors (Lipinski definition) is 4. The molecule has 28 heavy (non-hydrogen) atoms. The van der Waals surface area contributed by atoms with E-state index in [0.29, 0.717) is 37.2 Å². The van der Waals surface area contributed by atoms with Crippen molar-refractivity contribution in [1.29, 1.82) is 0 Å². The fourth-order valence-corrected chi connectivity index (χ4v) is 4.92. The monoisotopic (exact) mass is 397 g/mol. The summed E-state index contributed by atoms with van der Waals surface area (Å²) in [5.74, 6) is -0.106. The first-order valence-electron chi connectivity index (χ1n) is 9.42. The molecule has 1 aromatic heterocycles. The number of para-hydroxylation sites is 1. The minimum atomic E-state index is -0.713. The third-order valence-corrected chi connectivity index (χ3v) is 6.55. The number of rotatable bonds is 5. The molecule has 1 fully saturated rings. The molecule has 0 saturated carbocycles. The third-order valence-electron chi connectivity index (χ3n) is 5.69. The van der Waals surface area contributed by atoms with Crippen LogP contribution in [0.3, 0.4) is 0 Å². The maximum Gasteiger partial charge on any atom is 0.257 e. The number of carbonyl (C=O) groups is 3. The quantitative estimate of drug-likeness (QED) is 0.779. The Morgan fingerprint density at radius 2 is 2.00 bits per heavy atom. The first-order chi connectivity index (χ1) is 13.4. The van der Waals surface area contributed by atoms with E-state index in [9.17, 15) is 14.4 Å². The van der Waals surface area contributed by atoms with Crippen LogP contribution in [0.2, 0.25) is 0 Å². The lowest BCUT2D eigenvalue weighted by Gasteiger charge is -2.48. The molecule has 3 heterocycles. The van der Waals surface area contributed by atoms with Gasteiger partial charge in [-0.05, 0) is 36.9 Å². The van der Waals surface area contributed by atoms with Crippen LogP contribution in [0.25, 0.3) is 0 Å². The van der Waals surface area contributed by atoms with Gasteiger partial charge in [0.25, 0.3) is 5.91 Å². The topological polar surface area (TPSA) is 60.9 Å². The van der Waals surface area contributed by atoms with Crippen molar-refractivity contribution in [2.24, 2.45) is 0 Å². The van der Waals surface area contributed by atoms with Gasteiger partial charge in [-0.3, -0.25) is 19.3 Å². The summed E-state index contributed by atoms with van der Waals surface area (Å²) in [4.78, 5) is 44.6. The number of amides is 3. The lowest BCUT2D eigenvalue weighted by molar-refractivity contribution is -0.130. The second-order valence-electron chi connectivity index (χ2n) is 7.50. The minimum Gasteiger partial charge on any atom is -0.341 e. The summed E-state index contributed by atoms with van der Waals surface area (Å²) in [5, 5.41) is 1.99. The smallest absolute Gasteiger partial charge is 0.257 e. The highest BCUT2D eigenvalue weighted by Gasteiger charge is 2.52. The van der Waals surface area contributed by atoms with Gasteiger partial charge >= 0.3 is 0 Å². The predicted octanol–water partition coefficient (Wildman–Crippen LogP) is 3.10. The standard InChI is InChI=1S/C21H23N3O3S/c1-21-11-9-19(26)24(21)17-8-4-3-7-16(17)20(27)23(21)12-10-18(25)22(2)14-15-6-5-13-28-15/h3-8,13H,9-12,14H2,1-2H3/t21-/m1/s1. The molecule has 1 saturated heterocycles. The Hall–Kier alpha value is -2.67. The van der Waals surface area contributed by atoms with Gasteiger partial charge in [-0.15, -0.1) is 11.3 Å². The highest BCUT2D eigenvalue weighted by molar-refractivity contribution is 7.09. The molecule has 0 bridgehead atoms. The van der Waals surface area contributed by atoms with Crippen LogP contribution in [-0.2, 0) is 16.1 Å². The molecule has 2 aliphatic rings. The zero-order valence-electron chi connectivity index (χ0n) is 16.1. The van der Waals surface area contributed by atoms with Gasteiger partial charge in [0.2, 0.25) is 11.8 Å². The summed E-state index contributed by atoms with van der Waals surface area (Å²) in [6.07, 6.45) is 1.21. The highest BCUT2D eigenvalue weighted by atomic mass is 32.1. The summed E-state index contributed by atoms with van der Waals surface area (Å²) in [7, 11) is 1.78. The predicted molar refractivity (Wildman–Crippen MR) is 108 cm³/mol. The number of hydrogen-bond donors (Lipinski definition) is 0. The van der Waals surface area contributed by atoms with E-state index in [2.05, 4.69) is 0 Å². The molecule has 1 aromatic carbocycles. The molecule has 6 nitrogen and oxygen atoms in total. The number of carbonyl (C=O) groups excluding carboxylic acids is 3. The van der Waals surface area contributed by atoms with Gasteiger partial charge in [0, 0.05) is 31.3 Å². The van der Waals surface area contributed by atoms with Crippen molar-refractivity contribution in [3.63, 3.8) is 0 Å². The zero-order valence-corrected chi connectivity index (χ0v) is 16.9. The van der Waals surface area contributed by atoms with E-state index in [4.69, 9.17) is 0 Å². The Morgan fingerprint density at radius 1 is 1.21 bits per heavy atom. The normalized spacial score (nSPS) is 20.9. The number of thiophene rings is 1. The Labute approximate surface area is 168 Å². The Kier molecular flexibility index (Phi) is 4.71. The van der Waals surface area contributed by atoms with Crippen molar-refractivity contribution in [3.05, 3.63) is 52.2 Å². The molecule has 2 aromatic rings. The van der Waals surface area contributed by atoms with Crippen molar-refractivity contribution in [3.8, 4) is 0 Å². The molecule has 4 rings (SSSR count). The fourth-order valence-electron chi connectivity index (χ4n) is 4.16. The van der Waals surface area contributed by atoms with E-state index >= 15 is 0 Å². The van der Waals surface area contributed by atoms with Gasteiger partial charge in [-0.1, -0.05) is 18.2 Å². The molecule has 2 aliphatic heterocycles. The number of benzene rings is 1. The van der Waals surface area contributed by atoms with E-state index in [1.54, 1.807) is 45.2 Å². The Morgan fingerprint density at radius 3 is 2.75 bits per heavy atom. The lowest BCUT2D eigenvalue weighted by Crippen LogP contribution is -2.62. The maximum absolute atomic E-state index is 13.2. The molecule has 1 atom stereocenters. The van der Waals surface area contributed by atoms with Crippen molar-refractivity contribution < 1.29 is 14.4 Å². The molecule has 0 N–H and O–H groups in total. The summed E-state index contributed by atoms with van der Waals surface area (Å²) in [6, 6.07) is 11.2. The van der Waals surface area contributed by atoms with Crippen LogP contribution in [0.1, 0.15) is 41.4 Å². The molecular weight excluding hydrogens is 374 g/mol. The third kappa shape index (κ3) is 2.99. The van der Waals surface area contributed by atoms with E-state index in [1.807, 2.05) is 36.6 Å². The minimum absolute atomic E-state index is 0.0143. The summed E-state index contributed by atoms with van der Waals surface area (Å²) in [6.45, 7) is 2.78. The van der Waals surface area contributed by atoms with Gasteiger partial charge in [0.15, 0.2) is 0 Å². The lowest BCUT2D eigenvalue weighted by atomic mass is 9.98. The molecular formula is C21H23N3O3S. The van der Waals surface area contributed by atoms with E-state index < -0.39 is 5.66 Å². The first kappa shape index (κ1) is 18.7. The molecule has 0 spiro atoms. The van der Waals surface area contributed by atoms with Gasteiger partial charge in [0.1, 0.15) is 5.66 Å². The summed E-state index contributed by atoms with van der Waals surface area (Å²) >= 11 is 1.62. The van der Waals surface area contributed by atoms with Gasteiger partial charge in [-0.25, -0.2) is 0 Å². The van der Waals surface area contributed by atoms with Crippen molar-refractivity contribution in [2.45, 2.75) is 38.4 Å². The zero-order chi connectivity index (χ0) is 19.9. The van der Waals surface area contributed by atoms with Crippen LogP contribution in [-0.4, -0.2) is 46.8 Å². The van der Waals surface area contributed by atoms with Crippen LogP contribution in [0.15, 0.2) is 41.8 Å². The van der Waals surface area contributed by atoms with Crippen molar-refractivity contribution in [2.75, 3.05) is 18.5 Å². The average molecular weight is 398 g/mol. The summed E-state index contributed by atoms with van der Waals surface area (Å²) < 4.78 is 0. The molecule has 146 valence electrons. The summed E-state index contributed by atoms with van der Waals surface area (Å²) in [5.41, 5.74) is 0.485. The van der Waals surface area contributed by atoms with Gasteiger partial charge < -0.3 is 9.80 Å². The van der Waals surface area contributed by atoms with Crippen LogP contribution in [0.5, 0.6) is 0 Å². The van der Waals surface area contributed by atoms with Crippen LogP contribution >= 0.6 is 11.3 Å². The van der Waals surface area contributed by atoms with Crippen LogP contribution in [0.4, 0.5) is 5.69 Å². The SMILES string of the molecule is CN(Cc1cccs1)C(=O)CCN1C(=O)c2ccccc2N2C(=O)CC[C@]12C. The average Bonchev–Trinajstić information content (AvgIpc) is 3.29. The Bertz CT molecular complexity index is 927.